The van der Waals surface area contributed by atoms with Crippen molar-refractivity contribution in [2.24, 2.45) is 11.7 Å². The second kappa shape index (κ2) is 8.14. The standard InChI is InChI=1S/C16H26N4O3S.ClH/c1-16-5-4-13(21)20(16)12(10-24-16)15(23)19-8-2-3-11(9-19)14(22)18-7-6-17;/h11-12H,2-10,17H2,1H3,(H,18,22);1H. The first-order valence-corrected chi connectivity index (χ1v) is 9.67. The fraction of sp³-hybridized carbons (Fsp3) is 0.812. The maximum Gasteiger partial charge on any atom is 0.246 e. The van der Waals surface area contributed by atoms with Crippen LogP contribution in [0.1, 0.15) is 32.6 Å². The Kier molecular flexibility index (Phi) is 6.62. The third-order valence-corrected chi connectivity index (χ3v) is 6.78. The van der Waals surface area contributed by atoms with E-state index in [1.54, 1.807) is 21.6 Å². The molecule has 0 aliphatic carbocycles. The number of nitrogens with one attached hydrogen (secondary N) is 1. The number of carbonyl (C=O) groups is 3. The van der Waals surface area contributed by atoms with Crippen LogP contribution in [0.2, 0.25) is 0 Å². The first-order chi connectivity index (χ1) is 11.5. The smallest absolute Gasteiger partial charge is 0.246 e. The van der Waals surface area contributed by atoms with Gasteiger partial charge in [-0.05, 0) is 26.2 Å². The van der Waals surface area contributed by atoms with Crippen molar-refractivity contribution in [2.45, 2.75) is 43.5 Å². The van der Waals surface area contributed by atoms with Gasteiger partial charge in [0.05, 0.1) is 10.8 Å². The number of piperidine rings is 1. The van der Waals surface area contributed by atoms with Crippen molar-refractivity contribution in [2.75, 3.05) is 31.9 Å². The Balaban J connectivity index is 0.00000225. The summed E-state index contributed by atoms with van der Waals surface area (Å²) in [6.45, 7) is 4.03. The fourth-order valence-electron chi connectivity index (χ4n) is 3.95. The number of hydrogen-bond donors (Lipinski definition) is 2. The molecule has 9 heteroatoms. The lowest BCUT2D eigenvalue weighted by Gasteiger charge is -2.36. The predicted octanol–water partition coefficient (Wildman–Crippen LogP) is 0.176. The van der Waals surface area contributed by atoms with E-state index in [0.717, 1.165) is 19.3 Å². The van der Waals surface area contributed by atoms with Gasteiger partial charge in [0.2, 0.25) is 17.7 Å². The number of likely N-dealkylation sites (tertiary alicyclic amines) is 1. The van der Waals surface area contributed by atoms with Gasteiger partial charge in [-0.25, -0.2) is 0 Å². The minimum absolute atomic E-state index is 0. The topological polar surface area (TPSA) is 95.7 Å². The average Bonchev–Trinajstić information content (AvgIpc) is 3.08. The van der Waals surface area contributed by atoms with Crippen molar-refractivity contribution in [3.63, 3.8) is 0 Å². The molecule has 3 heterocycles. The zero-order valence-electron chi connectivity index (χ0n) is 14.5. The number of nitrogens with two attached hydrogens (primary N) is 1. The number of thioether (sulfide) groups is 1. The lowest BCUT2D eigenvalue weighted by molar-refractivity contribution is -0.146. The minimum Gasteiger partial charge on any atom is -0.355 e. The molecule has 3 N–H and O–H groups in total. The summed E-state index contributed by atoms with van der Waals surface area (Å²) < 4.78 is 0. The Morgan fingerprint density at radius 2 is 2.20 bits per heavy atom. The lowest BCUT2D eigenvalue weighted by atomic mass is 9.96. The van der Waals surface area contributed by atoms with Crippen LogP contribution in [-0.4, -0.2) is 70.4 Å². The SMILES string of the molecule is CC12CCC(=O)N1C(C(=O)N1CCCC(C(=O)NCCN)C1)CS2.Cl. The molecule has 3 rings (SSSR count). The van der Waals surface area contributed by atoms with Crippen molar-refractivity contribution in [3.8, 4) is 0 Å². The van der Waals surface area contributed by atoms with Gasteiger partial charge in [0.15, 0.2) is 0 Å². The fourth-order valence-corrected chi connectivity index (χ4v) is 5.37. The highest BCUT2D eigenvalue weighted by atomic mass is 35.5. The second-order valence-electron chi connectivity index (χ2n) is 6.97. The highest BCUT2D eigenvalue weighted by molar-refractivity contribution is 8.01. The maximum absolute atomic E-state index is 13.0. The van der Waals surface area contributed by atoms with Crippen LogP contribution in [0, 0.1) is 5.92 Å². The van der Waals surface area contributed by atoms with Crippen LogP contribution in [0.15, 0.2) is 0 Å². The molecule has 0 bridgehead atoms. The molecule has 0 radical (unpaired) electrons. The highest BCUT2D eigenvalue weighted by Gasteiger charge is 2.53. The van der Waals surface area contributed by atoms with E-state index in [1.807, 2.05) is 0 Å². The minimum atomic E-state index is -0.374. The molecule has 3 aliphatic heterocycles. The van der Waals surface area contributed by atoms with Gasteiger partial charge < -0.3 is 20.9 Å². The molecule has 0 saturated carbocycles. The summed E-state index contributed by atoms with van der Waals surface area (Å²) in [5, 5.41) is 2.81. The van der Waals surface area contributed by atoms with E-state index in [-0.39, 0.29) is 47.0 Å². The molecule has 3 fully saturated rings. The summed E-state index contributed by atoms with van der Waals surface area (Å²) in [5.41, 5.74) is 5.42. The summed E-state index contributed by atoms with van der Waals surface area (Å²) in [6.07, 6.45) is 2.94. The number of amides is 3. The summed E-state index contributed by atoms with van der Waals surface area (Å²) in [6, 6.07) is -0.374. The molecule has 3 atom stereocenters. The first kappa shape index (κ1) is 20.3. The Labute approximate surface area is 158 Å². The van der Waals surface area contributed by atoms with Crippen LogP contribution >= 0.6 is 24.2 Å². The van der Waals surface area contributed by atoms with Crippen LogP contribution in [0.25, 0.3) is 0 Å². The van der Waals surface area contributed by atoms with Gasteiger partial charge in [-0.15, -0.1) is 24.2 Å². The predicted molar refractivity (Wildman–Crippen MR) is 99.3 cm³/mol. The quantitative estimate of drug-likeness (QED) is 0.713. The van der Waals surface area contributed by atoms with E-state index in [2.05, 4.69) is 12.2 Å². The number of hydrogen-bond acceptors (Lipinski definition) is 5. The van der Waals surface area contributed by atoms with Crippen molar-refractivity contribution in [1.29, 1.82) is 0 Å². The molecule has 25 heavy (non-hydrogen) atoms. The summed E-state index contributed by atoms with van der Waals surface area (Å²) >= 11 is 1.70. The van der Waals surface area contributed by atoms with Crippen LogP contribution < -0.4 is 11.1 Å². The van der Waals surface area contributed by atoms with Gasteiger partial charge in [-0.1, -0.05) is 0 Å². The normalized spacial score (nSPS) is 31.5. The number of nitrogens with zero attached hydrogens (tertiary/aromatic N) is 2. The van der Waals surface area contributed by atoms with Gasteiger partial charge in [-0.2, -0.15) is 0 Å². The Morgan fingerprint density at radius 3 is 2.92 bits per heavy atom. The Bertz CT molecular complexity index is 549. The van der Waals surface area contributed by atoms with Crippen LogP contribution in [0.4, 0.5) is 0 Å². The van der Waals surface area contributed by atoms with Gasteiger partial charge in [0, 0.05) is 38.4 Å². The molecule has 0 spiro atoms. The van der Waals surface area contributed by atoms with Crippen molar-refractivity contribution < 1.29 is 14.4 Å². The van der Waals surface area contributed by atoms with Crippen LogP contribution in [-0.2, 0) is 14.4 Å². The highest BCUT2D eigenvalue weighted by Crippen LogP contribution is 2.47. The van der Waals surface area contributed by atoms with Crippen molar-refractivity contribution in [1.82, 2.24) is 15.1 Å². The maximum atomic E-state index is 13.0. The molecule has 142 valence electrons. The molecule has 3 saturated heterocycles. The van der Waals surface area contributed by atoms with Crippen LogP contribution in [0.5, 0.6) is 0 Å². The van der Waals surface area contributed by atoms with Gasteiger partial charge in [0.25, 0.3) is 0 Å². The van der Waals surface area contributed by atoms with Crippen LogP contribution in [0.3, 0.4) is 0 Å². The zero-order valence-corrected chi connectivity index (χ0v) is 16.2. The van der Waals surface area contributed by atoms with Gasteiger partial charge in [0.1, 0.15) is 6.04 Å². The molecule has 3 unspecified atom stereocenters. The second-order valence-corrected chi connectivity index (χ2v) is 8.47. The number of rotatable bonds is 4. The van der Waals surface area contributed by atoms with Crippen molar-refractivity contribution >= 4 is 41.9 Å². The monoisotopic (exact) mass is 390 g/mol. The summed E-state index contributed by atoms with van der Waals surface area (Å²) in [4.78, 5) is 40.7. The summed E-state index contributed by atoms with van der Waals surface area (Å²) in [7, 11) is 0. The average molecular weight is 391 g/mol. The molecular weight excluding hydrogens is 364 g/mol. The number of carbonyl (C=O) groups excluding carboxylic acids is 3. The van der Waals surface area contributed by atoms with Gasteiger partial charge in [-0.3, -0.25) is 14.4 Å². The lowest BCUT2D eigenvalue weighted by Crippen LogP contribution is -2.54. The molecule has 3 amide bonds. The molecule has 3 aliphatic rings. The van der Waals surface area contributed by atoms with E-state index in [1.165, 1.54) is 0 Å². The summed E-state index contributed by atoms with van der Waals surface area (Å²) in [5.74, 6) is 0.527. The molecule has 0 aromatic rings. The molecule has 7 nitrogen and oxygen atoms in total. The molecule has 0 aromatic heterocycles. The van der Waals surface area contributed by atoms with Crippen molar-refractivity contribution in [3.05, 3.63) is 0 Å². The first-order valence-electron chi connectivity index (χ1n) is 8.69. The van der Waals surface area contributed by atoms with E-state index in [4.69, 9.17) is 5.73 Å². The number of fused-ring (bicyclic) bond motifs is 1. The van der Waals surface area contributed by atoms with E-state index in [0.29, 0.717) is 38.4 Å². The zero-order chi connectivity index (χ0) is 17.3. The third-order valence-electron chi connectivity index (χ3n) is 5.28. The Hall–Kier alpha value is -0.990. The van der Waals surface area contributed by atoms with E-state index in [9.17, 15) is 14.4 Å². The van der Waals surface area contributed by atoms with E-state index >= 15 is 0 Å². The number of halogens is 1. The molecular formula is C16H27ClN4O3S. The largest absolute Gasteiger partial charge is 0.355 e. The third kappa shape index (κ3) is 3.90. The van der Waals surface area contributed by atoms with E-state index < -0.39 is 0 Å². The molecule has 0 aromatic carbocycles. The Morgan fingerprint density at radius 1 is 1.44 bits per heavy atom. The van der Waals surface area contributed by atoms with Gasteiger partial charge >= 0.3 is 0 Å².